The summed E-state index contributed by atoms with van der Waals surface area (Å²) in [6.45, 7) is 5.33. The van der Waals surface area contributed by atoms with Gasteiger partial charge in [0.15, 0.2) is 0 Å². The largest absolute Gasteiger partial charge is 0.379 e. The van der Waals surface area contributed by atoms with E-state index < -0.39 is 0 Å². The van der Waals surface area contributed by atoms with Gasteiger partial charge < -0.3 is 10.5 Å². The molecule has 3 nitrogen and oxygen atoms in total. The summed E-state index contributed by atoms with van der Waals surface area (Å²) in [4.78, 5) is 2.43. The first-order chi connectivity index (χ1) is 8.63. The summed E-state index contributed by atoms with van der Waals surface area (Å²) in [5.41, 5.74) is 7.23. The van der Waals surface area contributed by atoms with E-state index in [0.717, 1.165) is 28.7 Å². The van der Waals surface area contributed by atoms with Crippen LogP contribution in [0.4, 0.5) is 0 Å². The van der Waals surface area contributed by atoms with Crippen LogP contribution in [0, 0.1) is 0 Å². The van der Waals surface area contributed by atoms with Crippen molar-refractivity contribution in [1.29, 1.82) is 0 Å². The molecule has 1 aliphatic heterocycles. The van der Waals surface area contributed by atoms with E-state index in [1.807, 2.05) is 0 Å². The number of benzene rings is 1. The van der Waals surface area contributed by atoms with Crippen molar-refractivity contribution < 1.29 is 4.74 Å². The Morgan fingerprint density at radius 2 is 2.22 bits per heavy atom. The Hall–Kier alpha value is 0.0600. The molecule has 2 unspecified atom stereocenters. The van der Waals surface area contributed by atoms with Gasteiger partial charge in [0, 0.05) is 34.1 Å². The average molecular weight is 378 g/mol. The van der Waals surface area contributed by atoms with Gasteiger partial charge in [0.2, 0.25) is 0 Å². The van der Waals surface area contributed by atoms with Crippen LogP contribution in [0.15, 0.2) is 27.1 Å². The van der Waals surface area contributed by atoms with Crippen LogP contribution in [0.2, 0.25) is 0 Å². The molecule has 0 bridgehead atoms. The second-order valence-electron chi connectivity index (χ2n) is 4.59. The van der Waals surface area contributed by atoms with Gasteiger partial charge in [-0.15, -0.1) is 0 Å². The van der Waals surface area contributed by atoms with Gasteiger partial charge in [-0.2, -0.15) is 0 Å². The number of halogens is 2. The third-order valence-electron chi connectivity index (χ3n) is 3.37. The zero-order chi connectivity index (χ0) is 13.1. The molecule has 18 heavy (non-hydrogen) atoms. The maximum Gasteiger partial charge on any atom is 0.0620 e. The molecule has 1 aromatic carbocycles. The van der Waals surface area contributed by atoms with Crippen LogP contribution in [-0.4, -0.2) is 37.2 Å². The highest BCUT2D eigenvalue weighted by Crippen LogP contribution is 2.30. The highest BCUT2D eigenvalue weighted by atomic mass is 79.9. The lowest BCUT2D eigenvalue weighted by atomic mass is 10.0. The van der Waals surface area contributed by atoms with Gasteiger partial charge >= 0.3 is 0 Å². The molecule has 1 aromatic rings. The van der Waals surface area contributed by atoms with Gasteiger partial charge in [0.05, 0.1) is 13.2 Å². The van der Waals surface area contributed by atoms with Gasteiger partial charge in [-0.3, -0.25) is 4.90 Å². The lowest BCUT2D eigenvalue weighted by Crippen LogP contribution is -2.47. The van der Waals surface area contributed by atoms with Crippen molar-refractivity contribution in [3.05, 3.63) is 32.7 Å². The molecular formula is C13H18Br2N2O. The Bertz CT molecular complexity index is 414. The van der Waals surface area contributed by atoms with E-state index in [9.17, 15) is 0 Å². The monoisotopic (exact) mass is 376 g/mol. The van der Waals surface area contributed by atoms with Gasteiger partial charge in [-0.25, -0.2) is 0 Å². The normalized spacial score (nSPS) is 23.0. The van der Waals surface area contributed by atoms with Crippen LogP contribution in [0.25, 0.3) is 0 Å². The fraction of sp³-hybridized carbons (Fsp3) is 0.538. The van der Waals surface area contributed by atoms with Crippen molar-refractivity contribution in [2.75, 3.05) is 26.3 Å². The molecule has 100 valence electrons. The minimum absolute atomic E-state index is 0.258. The second kappa shape index (κ2) is 6.48. The fourth-order valence-corrected chi connectivity index (χ4v) is 3.03. The molecular weight excluding hydrogens is 360 g/mol. The SMILES string of the molecule is CC1COCCN1C(CN)c1ccc(Br)c(Br)c1. The van der Waals surface area contributed by atoms with Crippen LogP contribution in [0.3, 0.4) is 0 Å². The van der Waals surface area contributed by atoms with E-state index in [2.05, 4.69) is 61.9 Å². The predicted molar refractivity (Wildman–Crippen MR) is 80.6 cm³/mol. The zero-order valence-corrected chi connectivity index (χ0v) is 13.6. The summed E-state index contributed by atoms with van der Waals surface area (Å²) in [5.74, 6) is 0. The third kappa shape index (κ3) is 3.14. The van der Waals surface area contributed by atoms with Crippen molar-refractivity contribution in [1.82, 2.24) is 4.90 Å². The van der Waals surface area contributed by atoms with E-state index in [4.69, 9.17) is 10.5 Å². The molecule has 2 rings (SSSR count). The number of ether oxygens (including phenoxy) is 1. The van der Waals surface area contributed by atoms with Crippen LogP contribution in [-0.2, 0) is 4.74 Å². The Kier molecular flexibility index (Phi) is 5.21. The molecule has 0 amide bonds. The van der Waals surface area contributed by atoms with E-state index >= 15 is 0 Å². The molecule has 0 saturated carbocycles. The molecule has 1 aliphatic rings. The third-order valence-corrected chi connectivity index (χ3v) is 5.25. The number of morpholine rings is 1. The van der Waals surface area contributed by atoms with Crippen LogP contribution in [0.1, 0.15) is 18.5 Å². The number of hydrogen-bond acceptors (Lipinski definition) is 3. The number of nitrogens with two attached hydrogens (primary N) is 1. The van der Waals surface area contributed by atoms with Crippen LogP contribution in [0.5, 0.6) is 0 Å². The molecule has 2 N–H and O–H groups in total. The molecule has 0 radical (unpaired) electrons. The molecule has 1 fully saturated rings. The van der Waals surface area contributed by atoms with E-state index in [-0.39, 0.29) is 6.04 Å². The Morgan fingerprint density at radius 1 is 1.44 bits per heavy atom. The highest BCUT2D eigenvalue weighted by Gasteiger charge is 2.26. The molecule has 0 spiro atoms. The maximum atomic E-state index is 5.98. The molecule has 0 aliphatic carbocycles. The molecule has 1 heterocycles. The highest BCUT2D eigenvalue weighted by molar-refractivity contribution is 9.13. The second-order valence-corrected chi connectivity index (χ2v) is 6.30. The Labute approximate surface area is 125 Å². The standard InChI is InChI=1S/C13H18Br2N2O/c1-9-8-18-5-4-17(9)13(7-16)10-2-3-11(14)12(15)6-10/h2-3,6,9,13H,4-5,7-8,16H2,1H3. The van der Waals surface area contributed by atoms with Crippen molar-refractivity contribution in [3.63, 3.8) is 0 Å². The average Bonchev–Trinajstić information content (AvgIpc) is 2.37. The van der Waals surface area contributed by atoms with Gasteiger partial charge in [-0.1, -0.05) is 6.07 Å². The first-order valence-corrected chi connectivity index (χ1v) is 7.70. The lowest BCUT2D eigenvalue weighted by molar-refractivity contribution is -0.0209. The molecule has 2 atom stereocenters. The summed E-state index contributed by atoms with van der Waals surface area (Å²) in [6, 6.07) is 7.01. The lowest BCUT2D eigenvalue weighted by Gasteiger charge is -2.39. The Balaban J connectivity index is 2.23. The van der Waals surface area contributed by atoms with E-state index in [1.54, 1.807) is 0 Å². The van der Waals surface area contributed by atoms with E-state index in [0.29, 0.717) is 12.6 Å². The maximum absolute atomic E-state index is 5.98. The van der Waals surface area contributed by atoms with Crippen LogP contribution < -0.4 is 5.73 Å². The van der Waals surface area contributed by atoms with Crippen molar-refractivity contribution in [2.24, 2.45) is 5.73 Å². The van der Waals surface area contributed by atoms with E-state index in [1.165, 1.54) is 5.56 Å². The van der Waals surface area contributed by atoms with Gasteiger partial charge in [0.25, 0.3) is 0 Å². The summed E-state index contributed by atoms with van der Waals surface area (Å²) >= 11 is 7.05. The number of rotatable bonds is 3. The quantitative estimate of drug-likeness (QED) is 0.879. The summed E-state index contributed by atoms with van der Waals surface area (Å²) in [7, 11) is 0. The molecule has 5 heteroatoms. The smallest absolute Gasteiger partial charge is 0.0620 e. The first kappa shape index (κ1) is 14.5. The number of nitrogens with zero attached hydrogens (tertiary/aromatic N) is 1. The summed E-state index contributed by atoms with van der Waals surface area (Å²) in [6.07, 6.45) is 0. The minimum Gasteiger partial charge on any atom is -0.379 e. The topological polar surface area (TPSA) is 38.5 Å². The summed E-state index contributed by atoms with van der Waals surface area (Å²) in [5, 5.41) is 0. The molecule has 0 aromatic heterocycles. The Morgan fingerprint density at radius 3 is 2.83 bits per heavy atom. The van der Waals surface area contributed by atoms with Crippen LogP contribution >= 0.6 is 31.9 Å². The van der Waals surface area contributed by atoms with Gasteiger partial charge in [0.1, 0.15) is 0 Å². The fourth-order valence-electron chi connectivity index (χ4n) is 2.39. The number of hydrogen-bond donors (Lipinski definition) is 1. The predicted octanol–water partition coefficient (Wildman–Crippen LogP) is 2.93. The van der Waals surface area contributed by atoms with Crippen molar-refractivity contribution >= 4 is 31.9 Å². The van der Waals surface area contributed by atoms with Gasteiger partial charge in [-0.05, 0) is 56.5 Å². The minimum atomic E-state index is 0.258. The first-order valence-electron chi connectivity index (χ1n) is 6.12. The summed E-state index contributed by atoms with van der Waals surface area (Å²) < 4.78 is 7.62. The zero-order valence-electron chi connectivity index (χ0n) is 10.4. The molecule has 1 saturated heterocycles. The van der Waals surface area contributed by atoms with Crippen molar-refractivity contribution in [3.8, 4) is 0 Å². The van der Waals surface area contributed by atoms with Crippen molar-refractivity contribution in [2.45, 2.75) is 19.0 Å².